The van der Waals surface area contributed by atoms with Crippen molar-refractivity contribution in [2.24, 2.45) is 0 Å². The number of esters is 1. The fourth-order valence-corrected chi connectivity index (χ4v) is 2.55. The van der Waals surface area contributed by atoms with Gasteiger partial charge in [-0.15, -0.1) is 0 Å². The Morgan fingerprint density at radius 2 is 1.68 bits per heavy atom. The van der Waals surface area contributed by atoms with E-state index in [1.807, 2.05) is 62.4 Å². The molecule has 3 rings (SSSR count). The second-order valence-corrected chi connectivity index (χ2v) is 5.30. The number of nitrogens with zero attached hydrogens (tertiary/aromatic N) is 1. The van der Waals surface area contributed by atoms with Crippen molar-refractivity contribution in [2.45, 2.75) is 20.0 Å². The van der Waals surface area contributed by atoms with Crippen LogP contribution in [0, 0.1) is 6.92 Å². The van der Waals surface area contributed by atoms with Gasteiger partial charge >= 0.3 is 5.97 Å². The van der Waals surface area contributed by atoms with E-state index in [2.05, 4.69) is 4.98 Å². The number of fused-ring (bicyclic) bond motifs is 1. The molecule has 0 aliphatic heterocycles. The van der Waals surface area contributed by atoms with E-state index < -0.39 is 0 Å². The molecule has 0 saturated heterocycles. The molecular formula is C19H17NO2. The van der Waals surface area contributed by atoms with E-state index in [9.17, 15) is 4.79 Å². The zero-order valence-corrected chi connectivity index (χ0v) is 12.6. The molecule has 2 aromatic carbocycles. The second kappa shape index (κ2) is 5.98. The van der Waals surface area contributed by atoms with Crippen LogP contribution in [0.4, 0.5) is 0 Å². The fraction of sp³-hybridized carbons (Fsp3) is 0.158. The lowest BCUT2D eigenvalue weighted by Crippen LogP contribution is -2.10. The highest BCUT2D eigenvalue weighted by Crippen LogP contribution is 2.25. The summed E-state index contributed by atoms with van der Waals surface area (Å²) in [5.41, 5.74) is 2.68. The maximum Gasteiger partial charge on any atom is 0.339 e. The molecule has 0 aliphatic rings. The zero-order chi connectivity index (χ0) is 15.5. The van der Waals surface area contributed by atoms with Crippen molar-refractivity contribution in [3.05, 3.63) is 77.6 Å². The topological polar surface area (TPSA) is 39.2 Å². The first kappa shape index (κ1) is 14.3. The predicted octanol–water partition coefficient (Wildman–Crippen LogP) is 4.46. The molecule has 3 aromatic rings. The van der Waals surface area contributed by atoms with Crippen LogP contribution in [0.25, 0.3) is 10.8 Å². The Morgan fingerprint density at radius 3 is 2.41 bits per heavy atom. The minimum absolute atomic E-state index is 0.305. The maximum atomic E-state index is 12.5. The van der Waals surface area contributed by atoms with Crippen molar-refractivity contribution in [3.8, 4) is 0 Å². The summed E-state index contributed by atoms with van der Waals surface area (Å²) in [4.78, 5) is 16.5. The third-order valence-corrected chi connectivity index (χ3v) is 3.82. The molecule has 0 N–H and O–H groups in total. The summed E-state index contributed by atoms with van der Waals surface area (Å²) >= 11 is 0. The van der Waals surface area contributed by atoms with Crippen LogP contribution in [0.5, 0.6) is 0 Å². The van der Waals surface area contributed by atoms with Gasteiger partial charge in [-0.25, -0.2) is 4.79 Å². The SMILES string of the molecule is Cc1ccc(C(=O)O[C@@H](C)c2ccncc2)c2ccccc12. The van der Waals surface area contributed by atoms with Crippen LogP contribution in [-0.4, -0.2) is 11.0 Å². The van der Waals surface area contributed by atoms with Gasteiger partial charge in [-0.05, 0) is 53.9 Å². The van der Waals surface area contributed by atoms with Gasteiger partial charge in [0, 0.05) is 12.4 Å². The molecular weight excluding hydrogens is 274 g/mol. The van der Waals surface area contributed by atoms with Gasteiger partial charge in [0.05, 0.1) is 5.56 Å². The van der Waals surface area contributed by atoms with E-state index in [1.54, 1.807) is 12.4 Å². The van der Waals surface area contributed by atoms with Crippen molar-refractivity contribution in [2.75, 3.05) is 0 Å². The molecule has 0 radical (unpaired) electrons. The average molecular weight is 291 g/mol. The summed E-state index contributed by atoms with van der Waals surface area (Å²) < 4.78 is 5.60. The van der Waals surface area contributed by atoms with Gasteiger partial charge in [-0.2, -0.15) is 0 Å². The number of carbonyl (C=O) groups is 1. The summed E-state index contributed by atoms with van der Waals surface area (Å²) in [6, 6.07) is 15.4. The molecule has 0 spiro atoms. The van der Waals surface area contributed by atoms with Gasteiger partial charge in [0.2, 0.25) is 0 Å². The summed E-state index contributed by atoms with van der Waals surface area (Å²) in [6.45, 7) is 3.90. The van der Waals surface area contributed by atoms with Gasteiger partial charge in [0.15, 0.2) is 0 Å². The Labute approximate surface area is 129 Å². The number of aryl methyl sites for hydroxylation is 1. The smallest absolute Gasteiger partial charge is 0.339 e. The van der Waals surface area contributed by atoms with E-state index in [1.165, 1.54) is 0 Å². The molecule has 0 saturated carbocycles. The quantitative estimate of drug-likeness (QED) is 0.669. The number of ether oxygens (including phenoxy) is 1. The Kier molecular flexibility index (Phi) is 3.88. The molecule has 3 nitrogen and oxygen atoms in total. The van der Waals surface area contributed by atoms with Crippen molar-refractivity contribution in [1.82, 2.24) is 4.98 Å². The lowest BCUT2D eigenvalue weighted by atomic mass is 10.0. The molecule has 1 aromatic heterocycles. The Balaban J connectivity index is 1.92. The van der Waals surface area contributed by atoms with E-state index in [4.69, 9.17) is 4.74 Å². The normalized spacial score (nSPS) is 12.1. The number of aromatic nitrogens is 1. The lowest BCUT2D eigenvalue weighted by Gasteiger charge is -2.15. The first-order valence-corrected chi connectivity index (χ1v) is 7.26. The Hall–Kier alpha value is -2.68. The number of hydrogen-bond acceptors (Lipinski definition) is 3. The monoisotopic (exact) mass is 291 g/mol. The first-order chi connectivity index (χ1) is 10.7. The third kappa shape index (κ3) is 2.70. The summed E-state index contributed by atoms with van der Waals surface area (Å²) in [5, 5.41) is 2.00. The van der Waals surface area contributed by atoms with Crippen LogP contribution in [0.3, 0.4) is 0 Å². The van der Waals surface area contributed by atoms with Gasteiger partial charge in [-0.3, -0.25) is 4.98 Å². The second-order valence-electron chi connectivity index (χ2n) is 5.30. The summed E-state index contributed by atoms with van der Waals surface area (Å²) in [7, 11) is 0. The summed E-state index contributed by atoms with van der Waals surface area (Å²) in [5.74, 6) is -0.305. The minimum Gasteiger partial charge on any atom is -0.454 e. The van der Waals surface area contributed by atoms with Gasteiger partial charge in [0.1, 0.15) is 6.10 Å². The molecule has 0 unspecified atom stereocenters. The van der Waals surface area contributed by atoms with Crippen molar-refractivity contribution >= 4 is 16.7 Å². The van der Waals surface area contributed by atoms with Gasteiger partial charge in [-0.1, -0.05) is 30.3 Å². The predicted molar refractivity (Wildman–Crippen MR) is 86.8 cm³/mol. The molecule has 110 valence electrons. The maximum absolute atomic E-state index is 12.5. The number of carbonyl (C=O) groups excluding carboxylic acids is 1. The van der Waals surface area contributed by atoms with Gasteiger partial charge < -0.3 is 4.74 Å². The van der Waals surface area contributed by atoms with Crippen molar-refractivity contribution in [3.63, 3.8) is 0 Å². The van der Waals surface area contributed by atoms with Crippen LogP contribution in [-0.2, 0) is 4.74 Å². The van der Waals surface area contributed by atoms with Crippen LogP contribution < -0.4 is 0 Å². The van der Waals surface area contributed by atoms with Crippen molar-refractivity contribution < 1.29 is 9.53 Å². The lowest BCUT2D eigenvalue weighted by molar-refractivity contribution is 0.0340. The number of pyridine rings is 1. The van der Waals surface area contributed by atoms with Crippen LogP contribution >= 0.6 is 0 Å². The van der Waals surface area contributed by atoms with E-state index >= 15 is 0 Å². The third-order valence-electron chi connectivity index (χ3n) is 3.82. The number of rotatable bonds is 3. The highest BCUT2D eigenvalue weighted by Gasteiger charge is 2.16. The zero-order valence-electron chi connectivity index (χ0n) is 12.6. The molecule has 0 bridgehead atoms. The van der Waals surface area contributed by atoms with Gasteiger partial charge in [0.25, 0.3) is 0 Å². The van der Waals surface area contributed by atoms with E-state index in [0.717, 1.165) is 21.9 Å². The highest BCUT2D eigenvalue weighted by atomic mass is 16.5. The molecule has 1 atom stereocenters. The first-order valence-electron chi connectivity index (χ1n) is 7.26. The molecule has 1 heterocycles. The molecule has 3 heteroatoms. The van der Waals surface area contributed by atoms with E-state index in [-0.39, 0.29) is 12.1 Å². The fourth-order valence-electron chi connectivity index (χ4n) is 2.55. The van der Waals surface area contributed by atoms with Crippen LogP contribution in [0.2, 0.25) is 0 Å². The molecule has 0 fully saturated rings. The standard InChI is InChI=1S/C19H17NO2/c1-13-7-8-18(17-6-4-3-5-16(13)17)19(21)22-14(2)15-9-11-20-12-10-15/h3-12,14H,1-2H3/t14-/m0/s1. The van der Waals surface area contributed by atoms with Crippen LogP contribution in [0.1, 0.15) is 34.5 Å². The van der Waals surface area contributed by atoms with E-state index in [0.29, 0.717) is 5.56 Å². The molecule has 0 aliphatic carbocycles. The molecule has 0 amide bonds. The molecule has 22 heavy (non-hydrogen) atoms. The largest absolute Gasteiger partial charge is 0.454 e. The number of hydrogen-bond donors (Lipinski definition) is 0. The summed E-state index contributed by atoms with van der Waals surface area (Å²) in [6.07, 6.45) is 3.08. The van der Waals surface area contributed by atoms with Crippen molar-refractivity contribution in [1.29, 1.82) is 0 Å². The Morgan fingerprint density at radius 1 is 1.00 bits per heavy atom. The number of benzene rings is 2. The van der Waals surface area contributed by atoms with Crippen LogP contribution in [0.15, 0.2) is 60.9 Å². The Bertz CT molecular complexity index is 812. The average Bonchev–Trinajstić information content (AvgIpc) is 2.56. The minimum atomic E-state index is -0.310. The highest BCUT2D eigenvalue weighted by molar-refractivity contribution is 6.05.